The number of para-hydroxylation sites is 1. The summed E-state index contributed by atoms with van der Waals surface area (Å²) >= 11 is 7.72. The molecule has 0 aliphatic carbocycles. The number of rotatable bonds is 5. The Balaban J connectivity index is 1.43. The number of thiophene rings is 1. The molecule has 1 unspecified atom stereocenters. The minimum absolute atomic E-state index is 0.00965. The summed E-state index contributed by atoms with van der Waals surface area (Å²) in [5, 5.41) is 7.79. The van der Waals surface area contributed by atoms with Gasteiger partial charge in [-0.3, -0.25) is 14.5 Å². The van der Waals surface area contributed by atoms with Crippen molar-refractivity contribution >= 4 is 40.4 Å². The number of carbonyl (C=O) groups is 2. The van der Waals surface area contributed by atoms with E-state index in [1.165, 1.54) is 16.0 Å². The number of fused-ring (bicyclic) bond motifs is 1. The lowest BCUT2D eigenvalue weighted by Crippen LogP contribution is -2.43. The molecule has 154 valence electrons. The van der Waals surface area contributed by atoms with Gasteiger partial charge in [0.2, 0.25) is 0 Å². The molecule has 0 saturated heterocycles. The first-order valence-corrected chi connectivity index (χ1v) is 11.1. The van der Waals surface area contributed by atoms with Crippen LogP contribution in [0.5, 0.6) is 0 Å². The zero-order chi connectivity index (χ0) is 20.9. The van der Waals surface area contributed by atoms with Crippen LogP contribution in [0.2, 0.25) is 5.02 Å². The molecule has 1 aromatic heterocycles. The second-order valence-electron chi connectivity index (χ2n) is 7.16. The van der Waals surface area contributed by atoms with E-state index in [1.807, 2.05) is 11.4 Å². The van der Waals surface area contributed by atoms with Gasteiger partial charge in [0.25, 0.3) is 0 Å². The molecule has 1 aliphatic rings. The molecule has 0 saturated carbocycles. The van der Waals surface area contributed by atoms with Gasteiger partial charge in [0.05, 0.1) is 16.8 Å². The summed E-state index contributed by atoms with van der Waals surface area (Å²) in [5.41, 5.74) is 3.11. The topological polar surface area (TPSA) is 61.4 Å². The monoisotopic (exact) mass is 439 g/mol. The van der Waals surface area contributed by atoms with E-state index < -0.39 is 11.8 Å². The van der Waals surface area contributed by atoms with Crippen LogP contribution in [0.1, 0.15) is 22.0 Å². The molecule has 1 atom stereocenters. The van der Waals surface area contributed by atoms with Crippen LogP contribution in [0.4, 0.5) is 5.69 Å². The SMILES string of the molecule is O=C(NCC(c1cccs1)N1CCc2ccccc2C1)C(=O)Nc1ccccc1Cl. The van der Waals surface area contributed by atoms with Crippen molar-refractivity contribution in [3.05, 3.63) is 87.1 Å². The molecular formula is C23H22ClN3O2S. The fraction of sp³-hybridized carbons (Fsp3) is 0.217. The maximum atomic E-state index is 12.4. The van der Waals surface area contributed by atoms with Crippen LogP contribution >= 0.6 is 22.9 Å². The van der Waals surface area contributed by atoms with Crippen molar-refractivity contribution in [2.75, 3.05) is 18.4 Å². The summed E-state index contributed by atoms with van der Waals surface area (Å²) in [4.78, 5) is 28.3. The number of nitrogens with zero attached hydrogens (tertiary/aromatic N) is 1. The molecule has 1 aliphatic heterocycles. The highest BCUT2D eigenvalue weighted by Gasteiger charge is 2.27. The largest absolute Gasteiger partial charge is 0.346 e. The number of benzene rings is 2. The van der Waals surface area contributed by atoms with Crippen LogP contribution in [0, 0.1) is 0 Å². The third-order valence-corrected chi connectivity index (χ3v) is 6.56. The molecule has 0 spiro atoms. The molecule has 2 heterocycles. The molecule has 0 radical (unpaired) electrons. The smallest absolute Gasteiger partial charge is 0.313 e. The number of hydrogen-bond donors (Lipinski definition) is 2. The van der Waals surface area contributed by atoms with E-state index in [0.29, 0.717) is 17.3 Å². The molecule has 5 nitrogen and oxygen atoms in total. The fourth-order valence-corrected chi connectivity index (χ4v) is 4.73. The van der Waals surface area contributed by atoms with Crippen molar-refractivity contribution in [1.82, 2.24) is 10.2 Å². The molecule has 0 fully saturated rings. The van der Waals surface area contributed by atoms with Crippen LogP contribution in [-0.4, -0.2) is 29.8 Å². The maximum Gasteiger partial charge on any atom is 0.313 e. The molecule has 7 heteroatoms. The second-order valence-corrected chi connectivity index (χ2v) is 8.55. The average molecular weight is 440 g/mol. The van der Waals surface area contributed by atoms with Crippen molar-refractivity contribution in [3.8, 4) is 0 Å². The van der Waals surface area contributed by atoms with Crippen LogP contribution in [0.15, 0.2) is 66.0 Å². The predicted octanol–water partition coefficient (Wildman–Crippen LogP) is 4.26. The van der Waals surface area contributed by atoms with Gasteiger partial charge in [-0.05, 0) is 41.1 Å². The van der Waals surface area contributed by atoms with Crippen molar-refractivity contribution in [2.45, 2.75) is 19.0 Å². The van der Waals surface area contributed by atoms with Gasteiger partial charge in [-0.15, -0.1) is 11.3 Å². The molecule has 30 heavy (non-hydrogen) atoms. The number of carbonyl (C=O) groups excluding carboxylic acids is 2. The average Bonchev–Trinajstić information content (AvgIpc) is 3.30. The summed E-state index contributed by atoms with van der Waals surface area (Å²) in [6.07, 6.45) is 0.971. The zero-order valence-electron chi connectivity index (χ0n) is 16.3. The molecule has 2 aromatic carbocycles. The summed E-state index contributed by atoms with van der Waals surface area (Å²) in [6, 6.07) is 19.4. The summed E-state index contributed by atoms with van der Waals surface area (Å²) < 4.78 is 0. The van der Waals surface area contributed by atoms with E-state index >= 15 is 0 Å². The highest BCUT2D eigenvalue weighted by atomic mass is 35.5. The Kier molecular flexibility index (Phi) is 6.47. The third-order valence-electron chi connectivity index (χ3n) is 5.26. The summed E-state index contributed by atoms with van der Waals surface area (Å²) in [5.74, 6) is -1.40. The van der Waals surface area contributed by atoms with E-state index in [1.54, 1.807) is 35.6 Å². The number of nitrogens with one attached hydrogen (secondary N) is 2. The Bertz CT molecular complexity index is 1040. The number of halogens is 1. The van der Waals surface area contributed by atoms with Crippen molar-refractivity contribution in [1.29, 1.82) is 0 Å². The molecule has 4 rings (SSSR count). The first-order valence-electron chi connectivity index (χ1n) is 9.80. The Labute approximate surface area is 184 Å². The van der Waals surface area contributed by atoms with Crippen LogP contribution in [0.3, 0.4) is 0 Å². The van der Waals surface area contributed by atoms with Gasteiger partial charge in [-0.2, -0.15) is 0 Å². The Hall–Kier alpha value is -2.67. The minimum Gasteiger partial charge on any atom is -0.346 e. The summed E-state index contributed by atoms with van der Waals surface area (Å²) in [7, 11) is 0. The van der Waals surface area contributed by atoms with Crippen LogP contribution in [0.25, 0.3) is 0 Å². The fourth-order valence-electron chi connectivity index (χ4n) is 3.69. The van der Waals surface area contributed by atoms with Crippen LogP contribution < -0.4 is 10.6 Å². The van der Waals surface area contributed by atoms with Crippen LogP contribution in [-0.2, 0) is 22.6 Å². The standard InChI is InChI=1S/C23H22ClN3O2S/c24-18-8-3-4-9-19(18)26-23(29)22(28)25-14-20(21-10-5-13-30-21)27-12-11-16-6-1-2-7-17(16)15-27/h1-10,13,20H,11-12,14-15H2,(H,25,28)(H,26,29). The van der Waals surface area contributed by atoms with Crippen molar-refractivity contribution < 1.29 is 9.59 Å². The van der Waals surface area contributed by atoms with Gasteiger partial charge in [-0.25, -0.2) is 0 Å². The van der Waals surface area contributed by atoms with Gasteiger partial charge in [0, 0.05) is 24.5 Å². The second kappa shape index (κ2) is 9.43. The number of hydrogen-bond acceptors (Lipinski definition) is 4. The zero-order valence-corrected chi connectivity index (χ0v) is 17.9. The first-order chi connectivity index (χ1) is 14.6. The van der Waals surface area contributed by atoms with E-state index in [9.17, 15) is 9.59 Å². The minimum atomic E-state index is -0.725. The first kappa shape index (κ1) is 20.6. The lowest BCUT2D eigenvalue weighted by Gasteiger charge is -2.35. The van der Waals surface area contributed by atoms with Gasteiger partial charge < -0.3 is 10.6 Å². The summed E-state index contributed by atoms with van der Waals surface area (Å²) in [6.45, 7) is 2.08. The van der Waals surface area contributed by atoms with Gasteiger partial charge in [-0.1, -0.05) is 54.1 Å². The van der Waals surface area contributed by atoms with Crippen molar-refractivity contribution in [3.63, 3.8) is 0 Å². The molecule has 2 N–H and O–H groups in total. The van der Waals surface area contributed by atoms with E-state index in [-0.39, 0.29) is 6.04 Å². The maximum absolute atomic E-state index is 12.4. The van der Waals surface area contributed by atoms with Crippen molar-refractivity contribution in [2.24, 2.45) is 0 Å². The predicted molar refractivity (Wildman–Crippen MR) is 121 cm³/mol. The Morgan fingerprint density at radius 1 is 1.00 bits per heavy atom. The van der Waals surface area contributed by atoms with E-state index in [4.69, 9.17) is 11.6 Å². The van der Waals surface area contributed by atoms with Gasteiger partial charge in [0.1, 0.15) is 0 Å². The molecule has 3 aromatic rings. The quantitative estimate of drug-likeness (QED) is 0.584. The molecule has 0 bridgehead atoms. The normalized spacial score (nSPS) is 14.6. The number of anilines is 1. The number of amides is 2. The lowest BCUT2D eigenvalue weighted by atomic mass is 9.98. The highest BCUT2D eigenvalue weighted by molar-refractivity contribution is 7.10. The Morgan fingerprint density at radius 2 is 1.77 bits per heavy atom. The molecular weight excluding hydrogens is 418 g/mol. The third kappa shape index (κ3) is 4.73. The lowest BCUT2D eigenvalue weighted by molar-refractivity contribution is -0.136. The van der Waals surface area contributed by atoms with Gasteiger partial charge in [0.15, 0.2) is 0 Å². The van der Waals surface area contributed by atoms with E-state index in [2.05, 4.69) is 45.9 Å². The highest BCUT2D eigenvalue weighted by Crippen LogP contribution is 2.30. The van der Waals surface area contributed by atoms with E-state index in [0.717, 1.165) is 19.5 Å². The Morgan fingerprint density at radius 3 is 2.53 bits per heavy atom. The molecule has 2 amide bonds. The van der Waals surface area contributed by atoms with Gasteiger partial charge >= 0.3 is 11.8 Å².